The van der Waals surface area contributed by atoms with E-state index in [1.165, 1.54) is 0 Å². The molecule has 0 spiro atoms. The summed E-state index contributed by atoms with van der Waals surface area (Å²) in [6, 6.07) is 9.32. The molecule has 1 aliphatic rings. The minimum absolute atomic E-state index is 0.116. The molecule has 146 valence electrons. The van der Waals surface area contributed by atoms with E-state index in [-0.39, 0.29) is 11.9 Å². The first-order chi connectivity index (χ1) is 13.7. The number of carbonyl (C=O) groups is 1. The highest BCUT2D eigenvalue weighted by Gasteiger charge is 2.28. The van der Waals surface area contributed by atoms with Gasteiger partial charge < -0.3 is 19.4 Å². The molecule has 1 fully saturated rings. The number of hydrogen-bond donors (Lipinski definition) is 1. The van der Waals surface area contributed by atoms with E-state index in [1.54, 1.807) is 11.3 Å². The van der Waals surface area contributed by atoms with Crippen molar-refractivity contribution < 1.29 is 13.9 Å². The van der Waals surface area contributed by atoms with Crippen molar-refractivity contribution in [1.29, 1.82) is 0 Å². The van der Waals surface area contributed by atoms with Crippen LogP contribution >= 0.6 is 11.3 Å². The van der Waals surface area contributed by atoms with Gasteiger partial charge in [0.1, 0.15) is 5.75 Å². The predicted molar refractivity (Wildman–Crippen MR) is 108 cm³/mol. The molecule has 3 heterocycles. The molecule has 2 amide bonds. The van der Waals surface area contributed by atoms with Crippen LogP contribution in [0, 0.1) is 0 Å². The van der Waals surface area contributed by atoms with Crippen LogP contribution in [0.1, 0.15) is 31.6 Å². The van der Waals surface area contributed by atoms with Crippen molar-refractivity contribution in [2.45, 2.75) is 25.7 Å². The molecule has 0 unspecified atom stereocenters. The van der Waals surface area contributed by atoms with E-state index >= 15 is 0 Å². The van der Waals surface area contributed by atoms with Crippen LogP contribution in [0.2, 0.25) is 0 Å². The maximum atomic E-state index is 12.6. The minimum atomic E-state index is -0.116. The van der Waals surface area contributed by atoms with Crippen LogP contribution in [0.15, 0.2) is 45.5 Å². The van der Waals surface area contributed by atoms with Crippen LogP contribution < -0.4 is 10.1 Å². The van der Waals surface area contributed by atoms with Crippen molar-refractivity contribution in [3.8, 4) is 17.2 Å². The molecule has 0 atom stereocenters. The number of piperidine rings is 1. The average Bonchev–Trinajstić information content (AvgIpc) is 3.42. The normalized spacial score (nSPS) is 14.8. The summed E-state index contributed by atoms with van der Waals surface area (Å²) in [6.07, 6.45) is 1.59. The van der Waals surface area contributed by atoms with Crippen molar-refractivity contribution in [3.63, 3.8) is 0 Å². The molecule has 28 heavy (non-hydrogen) atoms. The number of para-hydroxylation sites is 2. The fourth-order valence-electron chi connectivity index (χ4n) is 3.28. The molecule has 1 aromatic carbocycles. The molecule has 7 nitrogen and oxygen atoms in total. The number of likely N-dealkylation sites (tertiary alicyclic amines) is 1. The number of nitrogens with one attached hydrogen (secondary N) is 1. The summed E-state index contributed by atoms with van der Waals surface area (Å²) in [4.78, 5) is 14.5. The number of ether oxygens (including phenoxy) is 1. The molecule has 8 heteroatoms. The van der Waals surface area contributed by atoms with E-state index in [0.29, 0.717) is 42.9 Å². The first-order valence-corrected chi connectivity index (χ1v) is 10.3. The Morgan fingerprint density at radius 2 is 2.11 bits per heavy atom. The lowest BCUT2D eigenvalue weighted by Gasteiger charge is -2.30. The molecule has 0 aliphatic carbocycles. The standard InChI is InChI=1S/C20H22N4O3S/c1-2-26-17-6-4-3-5-16(17)21-20(25)24-10-7-14(8-11-24)18-22-23-19(27-18)15-9-12-28-13-15/h3-6,9,12-14H,2,7-8,10-11H2,1H3,(H,21,25). The highest BCUT2D eigenvalue weighted by molar-refractivity contribution is 7.08. The van der Waals surface area contributed by atoms with Gasteiger partial charge in [0.25, 0.3) is 0 Å². The van der Waals surface area contributed by atoms with Gasteiger partial charge in [-0.05, 0) is 43.3 Å². The van der Waals surface area contributed by atoms with Gasteiger partial charge in [0, 0.05) is 30.0 Å². The first kappa shape index (κ1) is 18.5. The zero-order valence-electron chi connectivity index (χ0n) is 15.6. The fourth-order valence-corrected chi connectivity index (χ4v) is 3.91. The molecule has 4 rings (SSSR count). The topological polar surface area (TPSA) is 80.5 Å². The molecule has 1 saturated heterocycles. The van der Waals surface area contributed by atoms with Gasteiger partial charge in [0.05, 0.1) is 12.3 Å². The van der Waals surface area contributed by atoms with Crippen molar-refractivity contribution >= 4 is 23.1 Å². The van der Waals surface area contributed by atoms with Crippen LogP contribution in [0.3, 0.4) is 0 Å². The largest absolute Gasteiger partial charge is 0.492 e. The van der Waals surface area contributed by atoms with Crippen LogP contribution in [0.25, 0.3) is 11.5 Å². The van der Waals surface area contributed by atoms with Crippen molar-refractivity contribution in [2.75, 3.05) is 25.0 Å². The number of urea groups is 1. The summed E-state index contributed by atoms with van der Waals surface area (Å²) in [5, 5.41) is 15.3. The zero-order valence-corrected chi connectivity index (χ0v) is 16.4. The Labute approximate surface area is 167 Å². The van der Waals surface area contributed by atoms with E-state index in [2.05, 4.69) is 15.5 Å². The van der Waals surface area contributed by atoms with Crippen molar-refractivity contribution in [3.05, 3.63) is 47.0 Å². The molecule has 3 aromatic rings. The van der Waals surface area contributed by atoms with Gasteiger partial charge in [-0.15, -0.1) is 10.2 Å². The lowest BCUT2D eigenvalue weighted by molar-refractivity contribution is 0.190. The summed E-state index contributed by atoms with van der Waals surface area (Å²) in [5.41, 5.74) is 1.64. The molecule has 0 saturated carbocycles. The highest BCUT2D eigenvalue weighted by Crippen LogP contribution is 2.30. The van der Waals surface area contributed by atoms with Crippen LogP contribution in [-0.4, -0.2) is 40.8 Å². The van der Waals surface area contributed by atoms with Gasteiger partial charge in [0.15, 0.2) is 0 Å². The smallest absolute Gasteiger partial charge is 0.321 e. The van der Waals surface area contributed by atoms with E-state index in [1.807, 2.05) is 52.9 Å². The number of anilines is 1. The first-order valence-electron chi connectivity index (χ1n) is 9.38. The Morgan fingerprint density at radius 3 is 2.86 bits per heavy atom. The number of carbonyl (C=O) groups excluding carboxylic acids is 1. The van der Waals surface area contributed by atoms with Gasteiger partial charge in [-0.3, -0.25) is 0 Å². The Morgan fingerprint density at radius 1 is 1.29 bits per heavy atom. The third-order valence-corrected chi connectivity index (χ3v) is 5.45. The minimum Gasteiger partial charge on any atom is -0.492 e. The number of hydrogen-bond acceptors (Lipinski definition) is 6. The summed E-state index contributed by atoms with van der Waals surface area (Å²) < 4.78 is 11.4. The summed E-state index contributed by atoms with van der Waals surface area (Å²) in [6.45, 7) is 3.76. The van der Waals surface area contributed by atoms with E-state index in [0.717, 1.165) is 18.4 Å². The van der Waals surface area contributed by atoms with E-state index in [9.17, 15) is 4.79 Å². The average molecular weight is 398 g/mol. The summed E-state index contributed by atoms with van der Waals surface area (Å²) >= 11 is 1.60. The predicted octanol–water partition coefficient (Wildman–Crippen LogP) is 4.61. The number of nitrogens with zero attached hydrogens (tertiary/aromatic N) is 3. The van der Waals surface area contributed by atoms with Gasteiger partial charge in [-0.1, -0.05) is 12.1 Å². The lowest BCUT2D eigenvalue weighted by atomic mass is 9.97. The van der Waals surface area contributed by atoms with Crippen LogP contribution in [0.4, 0.5) is 10.5 Å². The molecular weight excluding hydrogens is 376 g/mol. The van der Waals surface area contributed by atoms with Gasteiger partial charge in [-0.25, -0.2) is 4.79 Å². The molecule has 0 bridgehead atoms. The molecule has 1 aliphatic heterocycles. The quantitative estimate of drug-likeness (QED) is 0.679. The molecular formula is C20H22N4O3S. The molecule has 2 aromatic heterocycles. The second-order valence-corrected chi connectivity index (χ2v) is 7.36. The Bertz CT molecular complexity index is 917. The summed E-state index contributed by atoms with van der Waals surface area (Å²) in [7, 11) is 0. The van der Waals surface area contributed by atoms with Crippen LogP contribution in [0.5, 0.6) is 5.75 Å². The Kier molecular flexibility index (Phi) is 5.57. The number of aromatic nitrogens is 2. The Hall–Kier alpha value is -2.87. The van der Waals surface area contributed by atoms with Gasteiger partial charge in [-0.2, -0.15) is 11.3 Å². The van der Waals surface area contributed by atoms with Gasteiger partial charge in [0.2, 0.25) is 11.8 Å². The number of rotatable bonds is 5. The third-order valence-electron chi connectivity index (χ3n) is 4.77. The highest BCUT2D eigenvalue weighted by atomic mass is 32.1. The SMILES string of the molecule is CCOc1ccccc1NC(=O)N1CCC(c2nnc(-c3ccsc3)o2)CC1. The van der Waals surface area contributed by atoms with E-state index in [4.69, 9.17) is 9.15 Å². The molecule has 0 radical (unpaired) electrons. The maximum Gasteiger partial charge on any atom is 0.321 e. The fraction of sp³-hybridized carbons (Fsp3) is 0.350. The zero-order chi connectivity index (χ0) is 19.3. The monoisotopic (exact) mass is 398 g/mol. The maximum absolute atomic E-state index is 12.6. The lowest BCUT2D eigenvalue weighted by Crippen LogP contribution is -2.40. The second kappa shape index (κ2) is 8.43. The number of benzene rings is 1. The van der Waals surface area contributed by atoms with Crippen molar-refractivity contribution in [1.82, 2.24) is 15.1 Å². The van der Waals surface area contributed by atoms with Gasteiger partial charge >= 0.3 is 6.03 Å². The molecule has 1 N–H and O–H groups in total. The third kappa shape index (κ3) is 4.01. The number of amides is 2. The Balaban J connectivity index is 1.35. The van der Waals surface area contributed by atoms with Crippen LogP contribution in [-0.2, 0) is 0 Å². The van der Waals surface area contributed by atoms with Crippen molar-refractivity contribution in [2.24, 2.45) is 0 Å². The summed E-state index contributed by atoms with van der Waals surface area (Å²) in [5.74, 6) is 2.08. The number of thiophene rings is 1. The second-order valence-electron chi connectivity index (χ2n) is 6.58. The van der Waals surface area contributed by atoms with E-state index < -0.39 is 0 Å².